The molecule has 0 spiro atoms. The predicted molar refractivity (Wildman–Crippen MR) is 75.5 cm³/mol. The molecule has 3 atom stereocenters. The maximum atomic E-state index is 12.5. The lowest BCUT2D eigenvalue weighted by Gasteiger charge is -2.32. The van der Waals surface area contributed by atoms with Gasteiger partial charge in [0.05, 0.1) is 18.3 Å². The van der Waals surface area contributed by atoms with E-state index >= 15 is 0 Å². The van der Waals surface area contributed by atoms with Gasteiger partial charge < -0.3 is 10.0 Å². The smallest absolute Gasteiger partial charge is 0.227 e. The van der Waals surface area contributed by atoms with E-state index in [1.165, 1.54) is 10.6 Å². The first-order valence-electron chi connectivity index (χ1n) is 7.21. The number of hydrogen-bond acceptors (Lipinski definition) is 4. The summed E-state index contributed by atoms with van der Waals surface area (Å²) >= 11 is 0. The lowest BCUT2D eigenvalue weighted by Crippen LogP contribution is -2.46. The highest BCUT2D eigenvalue weighted by molar-refractivity contribution is 7.88. The van der Waals surface area contributed by atoms with E-state index < -0.39 is 16.1 Å². The Balaban J connectivity index is 1.96. The third kappa shape index (κ3) is 3.51. The Hall–Kier alpha value is -0.660. The van der Waals surface area contributed by atoms with Crippen LogP contribution >= 0.6 is 0 Å². The first-order valence-corrected chi connectivity index (χ1v) is 9.06. The predicted octanol–water partition coefficient (Wildman–Crippen LogP) is -0.113. The van der Waals surface area contributed by atoms with E-state index in [4.69, 9.17) is 0 Å². The molecule has 0 radical (unpaired) electrons. The van der Waals surface area contributed by atoms with Crippen molar-refractivity contribution in [3.63, 3.8) is 0 Å². The van der Waals surface area contributed by atoms with Crippen molar-refractivity contribution in [3.8, 4) is 0 Å². The average Bonchev–Trinajstić information content (AvgIpc) is 2.87. The first kappa shape index (κ1) is 15.7. The fourth-order valence-corrected chi connectivity index (χ4v) is 4.00. The van der Waals surface area contributed by atoms with Crippen molar-refractivity contribution in [1.29, 1.82) is 0 Å². The third-order valence-corrected chi connectivity index (χ3v) is 5.69. The molecule has 116 valence electrons. The van der Waals surface area contributed by atoms with Crippen molar-refractivity contribution >= 4 is 15.9 Å². The van der Waals surface area contributed by atoms with E-state index in [1.807, 2.05) is 0 Å². The van der Waals surface area contributed by atoms with Gasteiger partial charge in [-0.05, 0) is 26.2 Å². The highest BCUT2D eigenvalue weighted by atomic mass is 32.2. The van der Waals surface area contributed by atoms with Gasteiger partial charge >= 0.3 is 0 Å². The van der Waals surface area contributed by atoms with Crippen LogP contribution in [0, 0.1) is 11.8 Å². The zero-order chi connectivity index (χ0) is 14.9. The number of piperidine rings is 1. The molecule has 0 aromatic rings. The zero-order valence-electron chi connectivity index (χ0n) is 12.2. The summed E-state index contributed by atoms with van der Waals surface area (Å²) in [5.41, 5.74) is 0. The van der Waals surface area contributed by atoms with Crippen LogP contribution in [-0.2, 0) is 14.8 Å². The lowest BCUT2D eigenvalue weighted by molar-refractivity contribution is -0.135. The van der Waals surface area contributed by atoms with E-state index in [-0.39, 0.29) is 17.7 Å². The molecule has 7 heteroatoms. The van der Waals surface area contributed by atoms with Gasteiger partial charge in [0, 0.05) is 32.1 Å². The van der Waals surface area contributed by atoms with E-state index in [9.17, 15) is 18.3 Å². The highest BCUT2D eigenvalue weighted by Gasteiger charge is 2.36. The Labute approximate surface area is 120 Å². The summed E-state index contributed by atoms with van der Waals surface area (Å²) in [7, 11) is -3.22. The Morgan fingerprint density at radius 3 is 2.50 bits per heavy atom. The molecule has 0 aliphatic carbocycles. The van der Waals surface area contributed by atoms with Crippen LogP contribution in [0.4, 0.5) is 0 Å². The number of carbonyl (C=O) groups excluding carboxylic acids is 1. The van der Waals surface area contributed by atoms with Gasteiger partial charge in [0.15, 0.2) is 0 Å². The summed E-state index contributed by atoms with van der Waals surface area (Å²) in [5, 5.41) is 9.59. The molecule has 2 fully saturated rings. The van der Waals surface area contributed by atoms with E-state index in [1.54, 1.807) is 11.8 Å². The van der Waals surface area contributed by atoms with Gasteiger partial charge in [0.25, 0.3) is 0 Å². The second-order valence-electron chi connectivity index (χ2n) is 6.03. The molecule has 1 amide bonds. The number of amides is 1. The Bertz CT molecular complexity index is 463. The fraction of sp³-hybridized carbons (Fsp3) is 0.923. The number of rotatable bonds is 3. The number of hydrogen-bond donors (Lipinski definition) is 1. The van der Waals surface area contributed by atoms with Crippen LogP contribution in [0.15, 0.2) is 0 Å². The molecule has 2 saturated heterocycles. The van der Waals surface area contributed by atoms with Crippen LogP contribution < -0.4 is 0 Å². The largest absolute Gasteiger partial charge is 0.393 e. The Kier molecular flexibility index (Phi) is 4.71. The van der Waals surface area contributed by atoms with Gasteiger partial charge in [0.2, 0.25) is 15.9 Å². The summed E-state index contributed by atoms with van der Waals surface area (Å²) in [6, 6.07) is 0. The normalized spacial score (nSPS) is 30.4. The molecule has 6 nitrogen and oxygen atoms in total. The van der Waals surface area contributed by atoms with Crippen molar-refractivity contribution in [3.05, 3.63) is 0 Å². The third-order valence-electron chi connectivity index (χ3n) is 4.42. The molecular formula is C13H24N2O4S. The maximum Gasteiger partial charge on any atom is 0.227 e. The van der Waals surface area contributed by atoms with Crippen LogP contribution in [0.2, 0.25) is 0 Å². The second kappa shape index (κ2) is 5.99. The maximum absolute atomic E-state index is 12.5. The Morgan fingerprint density at radius 2 is 1.95 bits per heavy atom. The molecule has 0 bridgehead atoms. The minimum absolute atomic E-state index is 0.0431. The van der Waals surface area contributed by atoms with Crippen molar-refractivity contribution < 1.29 is 18.3 Å². The zero-order valence-corrected chi connectivity index (χ0v) is 13.0. The van der Waals surface area contributed by atoms with Gasteiger partial charge in [-0.2, -0.15) is 0 Å². The summed E-state index contributed by atoms with van der Waals surface area (Å²) in [4.78, 5) is 14.2. The topological polar surface area (TPSA) is 77.9 Å². The summed E-state index contributed by atoms with van der Waals surface area (Å²) < 4.78 is 24.6. The fourth-order valence-electron chi connectivity index (χ4n) is 3.08. The molecule has 0 saturated carbocycles. The van der Waals surface area contributed by atoms with Crippen LogP contribution in [0.25, 0.3) is 0 Å². The summed E-state index contributed by atoms with van der Waals surface area (Å²) in [5.74, 6) is -0.0405. The van der Waals surface area contributed by atoms with Crippen molar-refractivity contribution in [1.82, 2.24) is 9.21 Å². The molecule has 0 aromatic heterocycles. The number of aliphatic hydroxyl groups is 1. The quantitative estimate of drug-likeness (QED) is 0.789. The monoisotopic (exact) mass is 304 g/mol. The molecule has 2 heterocycles. The van der Waals surface area contributed by atoms with Crippen LogP contribution in [0.5, 0.6) is 0 Å². The van der Waals surface area contributed by atoms with Crippen LogP contribution in [0.1, 0.15) is 26.2 Å². The number of sulfonamides is 1. The molecule has 0 aromatic carbocycles. The van der Waals surface area contributed by atoms with Gasteiger partial charge in [-0.25, -0.2) is 12.7 Å². The van der Waals surface area contributed by atoms with Gasteiger partial charge in [0.1, 0.15) is 0 Å². The van der Waals surface area contributed by atoms with Crippen LogP contribution in [-0.4, -0.2) is 67.2 Å². The van der Waals surface area contributed by atoms with Crippen molar-refractivity contribution in [2.45, 2.75) is 32.3 Å². The molecule has 2 aliphatic heterocycles. The highest BCUT2D eigenvalue weighted by Crippen LogP contribution is 2.25. The second-order valence-corrected chi connectivity index (χ2v) is 8.02. The standard InChI is InChI=1S/C13H24N2O4S/c1-10(16)11-5-7-14(8-11)13(17)12-4-3-6-15(9-12)20(2,18)19/h10-12,16H,3-9H2,1-2H3. The summed E-state index contributed by atoms with van der Waals surface area (Å²) in [6.45, 7) is 3.83. The molecule has 20 heavy (non-hydrogen) atoms. The van der Waals surface area contributed by atoms with Gasteiger partial charge in [-0.3, -0.25) is 4.79 Å². The lowest BCUT2D eigenvalue weighted by atomic mass is 9.98. The van der Waals surface area contributed by atoms with E-state index in [2.05, 4.69) is 0 Å². The molecule has 1 N–H and O–H groups in total. The van der Waals surface area contributed by atoms with Gasteiger partial charge in [-0.1, -0.05) is 0 Å². The number of nitrogens with zero attached hydrogens (tertiary/aromatic N) is 2. The molecular weight excluding hydrogens is 280 g/mol. The first-order chi connectivity index (χ1) is 9.29. The molecule has 3 unspecified atom stereocenters. The van der Waals surface area contributed by atoms with Gasteiger partial charge in [-0.15, -0.1) is 0 Å². The summed E-state index contributed by atoms with van der Waals surface area (Å²) in [6.07, 6.45) is 3.11. The number of carbonyl (C=O) groups is 1. The number of aliphatic hydroxyl groups excluding tert-OH is 1. The van der Waals surface area contributed by atoms with Crippen molar-refractivity contribution in [2.24, 2.45) is 11.8 Å². The molecule has 2 rings (SSSR count). The average molecular weight is 304 g/mol. The van der Waals surface area contributed by atoms with Crippen molar-refractivity contribution in [2.75, 3.05) is 32.4 Å². The van der Waals surface area contributed by atoms with Crippen LogP contribution in [0.3, 0.4) is 0 Å². The SMILES string of the molecule is CC(O)C1CCN(C(=O)C2CCCN(S(C)(=O)=O)C2)C1. The number of likely N-dealkylation sites (tertiary alicyclic amines) is 1. The van der Waals surface area contributed by atoms with E-state index in [0.29, 0.717) is 26.2 Å². The molecule has 2 aliphatic rings. The minimum Gasteiger partial charge on any atom is -0.393 e. The van der Waals surface area contributed by atoms with E-state index in [0.717, 1.165) is 19.3 Å². The Morgan fingerprint density at radius 1 is 1.25 bits per heavy atom. The minimum atomic E-state index is -3.22.